The van der Waals surface area contributed by atoms with E-state index in [9.17, 15) is 43.2 Å². The van der Waals surface area contributed by atoms with Crippen molar-refractivity contribution in [3.63, 3.8) is 0 Å². The lowest BCUT2D eigenvalue weighted by Gasteiger charge is -2.21. The molecule has 0 spiro atoms. The van der Waals surface area contributed by atoms with Crippen molar-refractivity contribution < 1.29 is 80.2 Å². The lowest BCUT2D eigenvalue weighted by Crippen LogP contribution is -2.30. The standard InChI is InChI=1S/C93H182O17P2/c1-5-9-13-17-21-25-29-33-36-39-42-44-47-50-53-56-60-64-68-72-76-80-93(98)110-89(84-104-91(96)78-74-70-66-62-58-54-51-48-46-43-40-37-34-30-26-22-18-14-10-6-2)86-108-112(101,102)106-82-87(94)81-105-111(99,100)107-85-88(83-103-90(95)77-73-69-65-61-57-32-28-24-20-16-12-8-4)109-92(97)79-75-71-67-63-59-55-52-49-45-41-38-35-31-27-23-19-15-11-7-3/h87-89,94H,5-86H2,1-4H3,(H,99,100)(H,101,102)/t87-,88+,89+/m0/s1. The number of carbonyl (C=O) groups excluding carboxylic acids is 4. The zero-order valence-corrected chi connectivity index (χ0v) is 75.5. The van der Waals surface area contributed by atoms with Crippen LogP contribution in [0, 0.1) is 0 Å². The van der Waals surface area contributed by atoms with Gasteiger partial charge in [0.1, 0.15) is 19.3 Å². The highest BCUT2D eigenvalue weighted by Gasteiger charge is 2.31. The molecule has 0 heterocycles. The summed E-state index contributed by atoms with van der Waals surface area (Å²) in [5.74, 6) is -2.09. The SMILES string of the molecule is CCCCCCCCCCCCCCCCCCCCCCCC(=O)O[C@H](COC(=O)CCCCCCCCCCCCCCCCCCCCCC)COP(=O)(O)OC[C@@H](O)COP(=O)(O)OC[C@@H](COC(=O)CCCCCCCCCCCCCC)OC(=O)CCCCCCCCCCCCCCCCCCCCC. The Morgan fingerprint density at radius 3 is 0.527 bits per heavy atom. The zero-order chi connectivity index (χ0) is 81.7. The monoisotopic (exact) mass is 1630 g/mol. The molecule has 0 radical (unpaired) electrons. The molecule has 0 aromatic carbocycles. The fourth-order valence-corrected chi connectivity index (χ4v) is 16.3. The van der Waals surface area contributed by atoms with E-state index in [0.29, 0.717) is 25.7 Å². The lowest BCUT2D eigenvalue weighted by atomic mass is 10.0. The van der Waals surface area contributed by atoms with E-state index < -0.39 is 97.5 Å². The second kappa shape index (κ2) is 86.9. The van der Waals surface area contributed by atoms with Crippen molar-refractivity contribution in [2.45, 2.75) is 534 Å². The van der Waals surface area contributed by atoms with Crippen molar-refractivity contribution in [1.82, 2.24) is 0 Å². The highest BCUT2D eigenvalue weighted by molar-refractivity contribution is 7.47. The van der Waals surface area contributed by atoms with Gasteiger partial charge < -0.3 is 33.8 Å². The molecular formula is C93H182O17P2. The predicted octanol–water partition coefficient (Wildman–Crippen LogP) is 29.3. The first-order chi connectivity index (χ1) is 54.7. The highest BCUT2D eigenvalue weighted by Crippen LogP contribution is 2.45. The van der Waals surface area contributed by atoms with Crippen LogP contribution >= 0.6 is 15.6 Å². The van der Waals surface area contributed by atoms with Crippen LogP contribution in [-0.4, -0.2) is 96.7 Å². The predicted molar refractivity (Wildman–Crippen MR) is 465 cm³/mol. The first kappa shape index (κ1) is 110. The fourth-order valence-electron chi connectivity index (χ4n) is 14.8. The van der Waals surface area contributed by atoms with E-state index in [4.69, 9.17) is 37.0 Å². The largest absolute Gasteiger partial charge is 0.472 e. The van der Waals surface area contributed by atoms with E-state index in [1.807, 2.05) is 0 Å². The van der Waals surface area contributed by atoms with Gasteiger partial charge >= 0.3 is 39.5 Å². The molecule has 5 atom stereocenters. The molecule has 3 N–H and O–H groups in total. The Balaban J connectivity index is 5.24. The molecule has 0 amide bonds. The Bertz CT molecular complexity index is 2100. The smallest absolute Gasteiger partial charge is 0.462 e. The van der Waals surface area contributed by atoms with Gasteiger partial charge in [0.2, 0.25) is 0 Å². The lowest BCUT2D eigenvalue weighted by molar-refractivity contribution is -0.161. The Hall–Kier alpha value is -1.94. The molecule has 0 saturated carbocycles. The first-order valence-corrected chi connectivity index (χ1v) is 51.3. The van der Waals surface area contributed by atoms with Crippen molar-refractivity contribution >= 4 is 39.5 Å². The molecule has 112 heavy (non-hydrogen) atoms. The molecule has 0 bridgehead atoms. The fraction of sp³-hybridized carbons (Fsp3) is 0.957. The Morgan fingerprint density at radius 1 is 0.214 bits per heavy atom. The van der Waals surface area contributed by atoms with Crippen LogP contribution < -0.4 is 0 Å². The van der Waals surface area contributed by atoms with Crippen molar-refractivity contribution in [2.75, 3.05) is 39.6 Å². The van der Waals surface area contributed by atoms with Crippen LogP contribution in [0.2, 0.25) is 0 Å². The van der Waals surface area contributed by atoms with E-state index in [1.165, 1.54) is 347 Å². The molecule has 0 aliphatic carbocycles. The van der Waals surface area contributed by atoms with Gasteiger partial charge in [0.25, 0.3) is 0 Å². The zero-order valence-electron chi connectivity index (χ0n) is 73.7. The van der Waals surface area contributed by atoms with Crippen LogP contribution in [0.5, 0.6) is 0 Å². The van der Waals surface area contributed by atoms with Gasteiger partial charge in [0.05, 0.1) is 26.4 Å². The number of esters is 4. The molecular weight excluding hydrogens is 1450 g/mol. The van der Waals surface area contributed by atoms with Gasteiger partial charge in [-0.05, 0) is 25.7 Å². The Morgan fingerprint density at radius 2 is 0.357 bits per heavy atom. The van der Waals surface area contributed by atoms with Crippen LogP contribution in [0.3, 0.4) is 0 Å². The molecule has 0 aromatic heterocycles. The summed E-state index contributed by atoms with van der Waals surface area (Å²) in [4.78, 5) is 73.5. The number of phosphoric ester groups is 2. The van der Waals surface area contributed by atoms with Crippen LogP contribution in [0.15, 0.2) is 0 Å². The Labute approximate surface area is 689 Å². The minimum absolute atomic E-state index is 0.110. The van der Waals surface area contributed by atoms with Gasteiger partial charge in [-0.1, -0.05) is 464 Å². The molecule has 0 aliphatic heterocycles. The number of ether oxygens (including phenoxy) is 4. The second-order valence-electron chi connectivity index (χ2n) is 33.4. The average Bonchev–Trinajstić information content (AvgIpc) is 0.900. The molecule has 0 aliphatic rings. The van der Waals surface area contributed by atoms with E-state index in [0.717, 1.165) is 89.9 Å². The molecule has 17 nitrogen and oxygen atoms in total. The van der Waals surface area contributed by atoms with Gasteiger partial charge in [-0.25, -0.2) is 9.13 Å². The topological polar surface area (TPSA) is 237 Å². The number of phosphoric acid groups is 2. The summed E-state index contributed by atoms with van der Waals surface area (Å²) in [6, 6.07) is 0. The first-order valence-electron chi connectivity index (χ1n) is 48.3. The van der Waals surface area contributed by atoms with Crippen LogP contribution in [-0.2, 0) is 65.4 Å². The molecule has 0 rings (SSSR count). The minimum atomic E-state index is -4.97. The summed E-state index contributed by atoms with van der Waals surface area (Å²) in [7, 11) is -9.94. The van der Waals surface area contributed by atoms with Crippen molar-refractivity contribution in [2.24, 2.45) is 0 Å². The quantitative estimate of drug-likeness (QED) is 0.0222. The molecule has 0 saturated heterocycles. The summed E-state index contributed by atoms with van der Waals surface area (Å²) >= 11 is 0. The summed E-state index contributed by atoms with van der Waals surface area (Å²) in [5, 5.41) is 10.7. The van der Waals surface area contributed by atoms with Gasteiger partial charge in [-0.2, -0.15) is 0 Å². The van der Waals surface area contributed by atoms with E-state index in [1.54, 1.807) is 0 Å². The molecule has 0 aromatic rings. The van der Waals surface area contributed by atoms with E-state index in [-0.39, 0.29) is 25.7 Å². The maximum Gasteiger partial charge on any atom is 0.472 e. The third-order valence-electron chi connectivity index (χ3n) is 22.1. The average molecular weight is 1630 g/mol. The third kappa shape index (κ3) is 85.9. The van der Waals surface area contributed by atoms with Crippen molar-refractivity contribution in [1.29, 1.82) is 0 Å². The van der Waals surface area contributed by atoms with Crippen LogP contribution in [0.25, 0.3) is 0 Å². The number of hydrogen-bond acceptors (Lipinski definition) is 15. The molecule has 19 heteroatoms. The maximum absolute atomic E-state index is 13.2. The van der Waals surface area contributed by atoms with Crippen LogP contribution in [0.4, 0.5) is 0 Å². The number of aliphatic hydroxyl groups excluding tert-OH is 1. The number of aliphatic hydroxyl groups is 1. The maximum atomic E-state index is 13.2. The second-order valence-corrected chi connectivity index (χ2v) is 36.3. The number of rotatable bonds is 94. The van der Waals surface area contributed by atoms with Crippen molar-refractivity contribution in [3.8, 4) is 0 Å². The molecule has 2 unspecified atom stereocenters. The van der Waals surface area contributed by atoms with Gasteiger partial charge in [-0.3, -0.25) is 37.3 Å². The summed E-state index contributed by atoms with van der Waals surface area (Å²) in [6.45, 7) is 5.10. The van der Waals surface area contributed by atoms with Gasteiger partial charge in [-0.15, -0.1) is 0 Å². The highest BCUT2D eigenvalue weighted by atomic mass is 31.2. The van der Waals surface area contributed by atoms with Gasteiger partial charge in [0, 0.05) is 25.7 Å². The van der Waals surface area contributed by atoms with Crippen molar-refractivity contribution in [3.05, 3.63) is 0 Å². The summed E-state index contributed by atoms with van der Waals surface area (Å²) in [5.41, 5.74) is 0. The van der Waals surface area contributed by atoms with E-state index in [2.05, 4.69) is 27.7 Å². The van der Waals surface area contributed by atoms with Crippen LogP contribution in [0.1, 0.15) is 516 Å². The minimum Gasteiger partial charge on any atom is -0.462 e. The third-order valence-corrected chi connectivity index (χ3v) is 24.0. The number of carbonyl (C=O) groups is 4. The molecule has 666 valence electrons. The Kier molecular flexibility index (Phi) is 85.4. The summed E-state index contributed by atoms with van der Waals surface area (Å²) in [6.07, 6.45) is 84.8. The normalized spacial score (nSPS) is 13.6. The number of unbranched alkanes of at least 4 members (excludes halogenated alkanes) is 68. The van der Waals surface area contributed by atoms with E-state index >= 15 is 0 Å². The summed E-state index contributed by atoms with van der Waals surface area (Å²) < 4.78 is 69.2. The molecule has 0 fully saturated rings. The van der Waals surface area contributed by atoms with Gasteiger partial charge in [0.15, 0.2) is 12.2 Å². The number of hydrogen-bond donors (Lipinski definition) is 3.